The SMILES string of the molecule is CCCCOCC(C)C(=O)OC. The van der Waals surface area contributed by atoms with Crippen molar-refractivity contribution >= 4 is 5.97 Å². The van der Waals surface area contributed by atoms with E-state index in [4.69, 9.17) is 4.74 Å². The molecule has 0 aromatic carbocycles. The van der Waals surface area contributed by atoms with Crippen molar-refractivity contribution in [3.63, 3.8) is 0 Å². The fourth-order valence-corrected chi connectivity index (χ4v) is 0.776. The second-order valence-electron chi connectivity index (χ2n) is 2.85. The van der Waals surface area contributed by atoms with Crippen molar-refractivity contribution in [1.82, 2.24) is 0 Å². The van der Waals surface area contributed by atoms with Crippen molar-refractivity contribution in [2.24, 2.45) is 5.92 Å². The number of esters is 1. The lowest BCUT2D eigenvalue weighted by molar-refractivity contribution is -0.146. The smallest absolute Gasteiger partial charge is 0.310 e. The van der Waals surface area contributed by atoms with Crippen LogP contribution in [0.4, 0.5) is 0 Å². The number of rotatable bonds is 6. The Morgan fingerprint density at radius 2 is 2.17 bits per heavy atom. The van der Waals surface area contributed by atoms with Gasteiger partial charge in [-0.15, -0.1) is 0 Å². The molecule has 0 aromatic heterocycles. The third-order valence-corrected chi connectivity index (χ3v) is 1.61. The zero-order valence-electron chi connectivity index (χ0n) is 8.13. The molecule has 0 aliphatic carbocycles. The van der Waals surface area contributed by atoms with Crippen molar-refractivity contribution in [2.45, 2.75) is 26.7 Å². The summed E-state index contributed by atoms with van der Waals surface area (Å²) in [4.78, 5) is 10.9. The topological polar surface area (TPSA) is 35.5 Å². The minimum Gasteiger partial charge on any atom is -0.469 e. The van der Waals surface area contributed by atoms with Crippen molar-refractivity contribution in [3.8, 4) is 0 Å². The van der Waals surface area contributed by atoms with Crippen LogP contribution in [0.3, 0.4) is 0 Å². The van der Waals surface area contributed by atoms with Gasteiger partial charge in [0.15, 0.2) is 0 Å². The Kier molecular flexibility index (Phi) is 6.76. The Bertz CT molecular complexity index is 123. The first kappa shape index (κ1) is 11.4. The summed E-state index contributed by atoms with van der Waals surface area (Å²) in [6.07, 6.45) is 2.17. The monoisotopic (exact) mass is 174 g/mol. The number of carbonyl (C=O) groups is 1. The highest BCUT2D eigenvalue weighted by Crippen LogP contribution is 1.99. The molecule has 0 N–H and O–H groups in total. The highest BCUT2D eigenvalue weighted by molar-refractivity contribution is 5.71. The molecule has 12 heavy (non-hydrogen) atoms. The molecular formula is C9H18O3. The van der Waals surface area contributed by atoms with Crippen LogP contribution in [0.2, 0.25) is 0 Å². The summed E-state index contributed by atoms with van der Waals surface area (Å²) >= 11 is 0. The van der Waals surface area contributed by atoms with Gasteiger partial charge in [0.2, 0.25) is 0 Å². The molecule has 3 nitrogen and oxygen atoms in total. The van der Waals surface area contributed by atoms with Crippen LogP contribution in [0.5, 0.6) is 0 Å². The quantitative estimate of drug-likeness (QED) is 0.453. The van der Waals surface area contributed by atoms with E-state index in [9.17, 15) is 4.79 Å². The maximum atomic E-state index is 10.9. The fraction of sp³-hybridized carbons (Fsp3) is 0.889. The second-order valence-corrected chi connectivity index (χ2v) is 2.85. The highest BCUT2D eigenvalue weighted by atomic mass is 16.5. The number of hydrogen-bond donors (Lipinski definition) is 0. The van der Waals surface area contributed by atoms with Crippen LogP contribution in [0.25, 0.3) is 0 Å². The van der Waals surface area contributed by atoms with Gasteiger partial charge in [0, 0.05) is 6.61 Å². The molecule has 3 heteroatoms. The van der Waals surface area contributed by atoms with Crippen LogP contribution in [0, 0.1) is 5.92 Å². The highest BCUT2D eigenvalue weighted by Gasteiger charge is 2.12. The van der Waals surface area contributed by atoms with Crippen LogP contribution in [-0.4, -0.2) is 26.3 Å². The molecule has 0 aliphatic rings. The molecule has 0 rings (SSSR count). The Morgan fingerprint density at radius 3 is 2.67 bits per heavy atom. The van der Waals surface area contributed by atoms with Crippen LogP contribution in [0.1, 0.15) is 26.7 Å². The van der Waals surface area contributed by atoms with Crippen LogP contribution in [-0.2, 0) is 14.3 Å². The number of hydrogen-bond acceptors (Lipinski definition) is 3. The zero-order valence-corrected chi connectivity index (χ0v) is 8.13. The number of carbonyl (C=O) groups excluding carboxylic acids is 1. The van der Waals surface area contributed by atoms with Gasteiger partial charge in [0.05, 0.1) is 19.6 Å². The van der Waals surface area contributed by atoms with E-state index in [2.05, 4.69) is 11.7 Å². The van der Waals surface area contributed by atoms with Gasteiger partial charge >= 0.3 is 5.97 Å². The lowest BCUT2D eigenvalue weighted by Gasteiger charge is -2.08. The molecule has 0 aliphatic heterocycles. The first-order valence-electron chi connectivity index (χ1n) is 4.38. The molecule has 0 fully saturated rings. The van der Waals surface area contributed by atoms with Gasteiger partial charge in [-0.05, 0) is 13.3 Å². The van der Waals surface area contributed by atoms with Gasteiger partial charge in [-0.1, -0.05) is 13.3 Å². The molecule has 0 saturated heterocycles. The molecule has 72 valence electrons. The first-order valence-corrected chi connectivity index (χ1v) is 4.38. The van der Waals surface area contributed by atoms with Crippen LogP contribution in [0.15, 0.2) is 0 Å². The average molecular weight is 174 g/mol. The van der Waals surface area contributed by atoms with E-state index in [-0.39, 0.29) is 11.9 Å². The van der Waals surface area contributed by atoms with E-state index in [1.165, 1.54) is 7.11 Å². The first-order chi connectivity index (χ1) is 5.72. The van der Waals surface area contributed by atoms with E-state index >= 15 is 0 Å². The van der Waals surface area contributed by atoms with Gasteiger partial charge in [-0.3, -0.25) is 4.79 Å². The predicted octanol–water partition coefficient (Wildman–Crippen LogP) is 1.61. The number of ether oxygens (including phenoxy) is 2. The lowest BCUT2D eigenvalue weighted by atomic mass is 10.2. The normalized spacial score (nSPS) is 12.6. The molecule has 0 radical (unpaired) electrons. The van der Waals surface area contributed by atoms with Crippen molar-refractivity contribution in [2.75, 3.05) is 20.3 Å². The number of methoxy groups -OCH3 is 1. The maximum Gasteiger partial charge on any atom is 0.310 e. The van der Waals surface area contributed by atoms with Gasteiger partial charge in [0.25, 0.3) is 0 Å². The van der Waals surface area contributed by atoms with E-state index in [0.29, 0.717) is 6.61 Å². The summed E-state index contributed by atoms with van der Waals surface area (Å²) in [5, 5.41) is 0. The predicted molar refractivity (Wildman–Crippen MR) is 46.9 cm³/mol. The minimum absolute atomic E-state index is 0.146. The summed E-state index contributed by atoms with van der Waals surface area (Å²) in [6.45, 7) is 5.11. The Balaban J connectivity index is 3.31. The van der Waals surface area contributed by atoms with E-state index in [1.807, 2.05) is 0 Å². The average Bonchev–Trinajstić information content (AvgIpc) is 2.10. The molecule has 0 bridgehead atoms. The summed E-state index contributed by atoms with van der Waals surface area (Å²) in [7, 11) is 1.39. The van der Waals surface area contributed by atoms with Gasteiger partial charge < -0.3 is 9.47 Å². The molecular weight excluding hydrogens is 156 g/mol. The zero-order chi connectivity index (χ0) is 9.40. The van der Waals surface area contributed by atoms with Gasteiger partial charge in [-0.2, -0.15) is 0 Å². The molecule has 1 atom stereocenters. The summed E-state index contributed by atoms with van der Waals surface area (Å²) in [5.74, 6) is -0.349. The third kappa shape index (κ3) is 5.13. The molecule has 0 amide bonds. The summed E-state index contributed by atoms with van der Waals surface area (Å²) < 4.78 is 9.81. The number of unbranched alkanes of at least 4 members (excludes halogenated alkanes) is 1. The Hall–Kier alpha value is -0.570. The maximum absolute atomic E-state index is 10.9. The third-order valence-electron chi connectivity index (χ3n) is 1.61. The summed E-state index contributed by atoms with van der Waals surface area (Å²) in [6, 6.07) is 0. The lowest BCUT2D eigenvalue weighted by Crippen LogP contribution is -2.18. The van der Waals surface area contributed by atoms with Gasteiger partial charge in [0.1, 0.15) is 0 Å². The molecule has 0 aromatic rings. The van der Waals surface area contributed by atoms with Crippen LogP contribution >= 0.6 is 0 Å². The Morgan fingerprint density at radius 1 is 1.50 bits per heavy atom. The van der Waals surface area contributed by atoms with Crippen LogP contribution < -0.4 is 0 Å². The van der Waals surface area contributed by atoms with Crippen molar-refractivity contribution < 1.29 is 14.3 Å². The van der Waals surface area contributed by atoms with E-state index in [0.717, 1.165) is 19.4 Å². The van der Waals surface area contributed by atoms with Gasteiger partial charge in [-0.25, -0.2) is 0 Å². The Labute approximate surface area is 74.0 Å². The molecule has 0 heterocycles. The fourth-order valence-electron chi connectivity index (χ4n) is 0.776. The second kappa shape index (κ2) is 7.10. The molecule has 0 spiro atoms. The van der Waals surface area contributed by atoms with E-state index in [1.54, 1.807) is 6.92 Å². The largest absolute Gasteiger partial charge is 0.469 e. The van der Waals surface area contributed by atoms with Crippen molar-refractivity contribution in [3.05, 3.63) is 0 Å². The molecule has 1 unspecified atom stereocenters. The standard InChI is InChI=1S/C9H18O3/c1-4-5-6-12-7-8(2)9(10)11-3/h8H,4-7H2,1-3H3. The van der Waals surface area contributed by atoms with E-state index < -0.39 is 0 Å². The minimum atomic E-state index is -0.202. The van der Waals surface area contributed by atoms with Crippen molar-refractivity contribution in [1.29, 1.82) is 0 Å². The summed E-state index contributed by atoms with van der Waals surface area (Å²) in [5.41, 5.74) is 0. The molecule has 0 saturated carbocycles.